The van der Waals surface area contributed by atoms with E-state index in [1.807, 2.05) is 23.1 Å². The first-order chi connectivity index (χ1) is 11.8. The molecule has 2 aliphatic heterocycles. The molecule has 0 aromatic heterocycles. The van der Waals surface area contributed by atoms with Crippen molar-refractivity contribution < 1.29 is 23.7 Å². The number of carbonyl (C=O) groups excluding carboxylic acids is 1. The Labute approximate surface area is 140 Å². The van der Waals surface area contributed by atoms with E-state index in [-0.39, 0.29) is 18.7 Å². The molecule has 1 amide bonds. The number of hydrogen-bond acceptors (Lipinski definition) is 5. The van der Waals surface area contributed by atoms with Crippen LogP contribution in [0, 0.1) is 0 Å². The minimum Gasteiger partial charge on any atom is -0.494 e. The van der Waals surface area contributed by atoms with Gasteiger partial charge < -0.3 is 23.8 Å². The van der Waals surface area contributed by atoms with Crippen molar-refractivity contribution in [2.45, 2.75) is 38.3 Å². The topological polar surface area (TPSA) is 57.2 Å². The van der Waals surface area contributed by atoms with E-state index in [4.69, 9.17) is 18.9 Å². The molecule has 0 N–H and O–H groups in total. The zero-order valence-electron chi connectivity index (χ0n) is 13.5. The van der Waals surface area contributed by atoms with Gasteiger partial charge in [-0.25, -0.2) is 0 Å². The molecule has 3 aliphatic rings. The summed E-state index contributed by atoms with van der Waals surface area (Å²) in [5.74, 6) is 1.69. The van der Waals surface area contributed by atoms with Gasteiger partial charge in [0.05, 0.1) is 0 Å². The highest BCUT2D eigenvalue weighted by Gasteiger charge is 2.31. The first-order valence-corrected chi connectivity index (χ1v) is 8.45. The molecular weight excluding hydrogens is 310 g/mol. The van der Waals surface area contributed by atoms with Gasteiger partial charge in [-0.2, -0.15) is 0 Å². The molecular formula is C18H21NO5. The molecule has 2 heterocycles. The Balaban J connectivity index is 1.56. The summed E-state index contributed by atoms with van der Waals surface area (Å²) in [4.78, 5) is 14.8. The summed E-state index contributed by atoms with van der Waals surface area (Å²) >= 11 is 0. The third-order valence-corrected chi connectivity index (χ3v) is 4.68. The third-order valence-electron chi connectivity index (χ3n) is 4.68. The Morgan fingerprint density at radius 3 is 2.71 bits per heavy atom. The Bertz CT molecular complexity index is 651. The van der Waals surface area contributed by atoms with E-state index in [2.05, 4.69) is 0 Å². The summed E-state index contributed by atoms with van der Waals surface area (Å²) in [6.45, 7) is 1.69. The molecule has 4 rings (SSSR count). The van der Waals surface area contributed by atoms with Crippen molar-refractivity contribution >= 4 is 5.91 Å². The van der Waals surface area contributed by atoms with Crippen LogP contribution in [0.15, 0.2) is 30.2 Å². The molecule has 0 saturated heterocycles. The van der Waals surface area contributed by atoms with Gasteiger partial charge in [0.25, 0.3) is 5.91 Å². The van der Waals surface area contributed by atoms with Crippen LogP contribution >= 0.6 is 0 Å². The third kappa shape index (κ3) is 3.00. The minimum atomic E-state index is -0.0979. The van der Waals surface area contributed by atoms with Gasteiger partial charge in [-0.1, -0.05) is 18.9 Å². The van der Waals surface area contributed by atoms with E-state index in [0.29, 0.717) is 25.5 Å². The number of amides is 1. The summed E-state index contributed by atoms with van der Waals surface area (Å²) in [6, 6.07) is 6.07. The lowest BCUT2D eigenvalue weighted by molar-refractivity contribution is -0.135. The number of benzene rings is 1. The average Bonchev–Trinajstić information content (AvgIpc) is 3.31. The molecule has 1 aromatic rings. The molecule has 6 heteroatoms. The zero-order valence-corrected chi connectivity index (χ0v) is 13.5. The lowest BCUT2D eigenvalue weighted by atomic mass is 10.1. The maximum absolute atomic E-state index is 12.9. The monoisotopic (exact) mass is 331 g/mol. The highest BCUT2D eigenvalue weighted by molar-refractivity contribution is 5.91. The lowest BCUT2D eigenvalue weighted by Crippen LogP contribution is -2.40. The van der Waals surface area contributed by atoms with Crippen molar-refractivity contribution in [3.05, 3.63) is 35.8 Å². The predicted molar refractivity (Wildman–Crippen MR) is 85.4 cm³/mol. The Morgan fingerprint density at radius 1 is 1.08 bits per heavy atom. The number of rotatable bonds is 4. The van der Waals surface area contributed by atoms with Gasteiger partial charge in [-0.05, 0) is 30.5 Å². The van der Waals surface area contributed by atoms with E-state index in [9.17, 15) is 4.79 Å². The molecule has 0 unspecified atom stereocenters. The second-order valence-electron chi connectivity index (χ2n) is 6.26. The standard InChI is InChI=1S/C18H21NO5/c20-18(17-11-21-7-8-22-17)19(14-3-1-2-4-14)10-13-5-6-15-16(9-13)24-12-23-15/h5-6,9,11,14H,1-4,7-8,10,12H2. The van der Waals surface area contributed by atoms with Crippen LogP contribution in [0.25, 0.3) is 0 Å². The van der Waals surface area contributed by atoms with Crippen LogP contribution in [0.2, 0.25) is 0 Å². The summed E-state index contributed by atoms with van der Waals surface area (Å²) in [7, 11) is 0. The van der Waals surface area contributed by atoms with Gasteiger partial charge in [-0.3, -0.25) is 4.79 Å². The number of carbonyl (C=O) groups is 1. The van der Waals surface area contributed by atoms with Crippen LogP contribution < -0.4 is 9.47 Å². The first kappa shape index (κ1) is 15.2. The smallest absolute Gasteiger partial charge is 0.292 e. The van der Waals surface area contributed by atoms with E-state index < -0.39 is 0 Å². The summed E-state index contributed by atoms with van der Waals surface area (Å²) in [5.41, 5.74) is 1.02. The molecule has 0 spiro atoms. The van der Waals surface area contributed by atoms with E-state index in [1.54, 1.807) is 0 Å². The van der Waals surface area contributed by atoms with Gasteiger partial charge >= 0.3 is 0 Å². The molecule has 24 heavy (non-hydrogen) atoms. The molecule has 1 saturated carbocycles. The fraction of sp³-hybridized carbons (Fsp3) is 0.500. The molecule has 6 nitrogen and oxygen atoms in total. The molecule has 1 aliphatic carbocycles. The Hall–Kier alpha value is -2.37. The maximum atomic E-state index is 12.9. The molecule has 0 bridgehead atoms. The van der Waals surface area contributed by atoms with Crippen molar-refractivity contribution in [3.63, 3.8) is 0 Å². The van der Waals surface area contributed by atoms with Crippen molar-refractivity contribution in [3.8, 4) is 11.5 Å². The highest BCUT2D eigenvalue weighted by Crippen LogP contribution is 2.34. The fourth-order valence-electron chi connectivity index (χ4n) is 3.44. The van der Waals surface area contributed by atoms with Crippen molar-refractivity contribution in [1.82, 2.24) is 4.90 Å². The lowest BCUT2D eigenvalue weighted by Gasteiger charge is -2.30. The van der Waals surface area contributed by atoms with Crippen molar-refractivity contribution in [2.24, 2.45) is 0 Å². The van der Waals surface area contributed by atoms with Crippen LogP contribution in [-0.4, -0.2) is 36.9 Å². The second-order valence-corrected chi connectivity index (χ2v) is 6.26. The van der Waals surface area contributed by atoms with E-state index in [0.717, 1.165) is 42.7 Å². The van der Waals surface area contributed by atoms with Crippen LogP contribution in [0.1, 0.15) is 31.2 Å². The summed E-state index contributed by atoms with van der Waals surface area (Å²) in [6.07, 6.45) is 5.82. The maximum Gasteiger partial charge on any atom is 0.292 e. The number of hydrogen-bond donors (Lipinski definition) is 0. The first-order valence-electron chi connectivity index (χ1n) is 8.45. The molecule has 0 radical (unpaired) electrons. The average molecular weight is 331 g/mol. The molecule has 0 atom stereocenters. The predicted octanol–water partition coefficient (Wildman–Crippen LogP) is 2.57. The van der Waals surface area contributed by atoms with Crippen LogP contribution in [0.3, 0.4) is 0 Å². The van der Waals surface area contributed by atoms with E-state index in [1.165, 1.54) is 6.26 Å². The Kier molecular flexibility index (Phi) is 4.19. The normalized spacial score (nSPS) is 19.4. The molecule has 1 aromatic carbocycles. The van der Waals surface area contributed by atoms with Crippen molar-refractivity contribution in [1.29, 1.82) is 0 Å². The minimum absolute atomic E-state index is 0.0979. The summed E-state index contributed by atoms with van der Waals surface area (Å²) in [5, 5.41) is 0. The van der Waals surface area contributed by atoms with Crippen LogP contribution in [0.5, 0.6) is 11.5 Å². The largest absolute Gasteiger partial charge is 0.494 e. The van der Waals surface area contributed by atoms with Gasteiger partial charge in [0.1, 0.15) is 19.5 Å². The van der Waals surface area contributed by atoms with Crippen LogP contribution in [0.4, 0.5) is 0 Å². The van der Waals surface area contributed by atoms with Gasteiger partial charge in [0, 0.05) is 12.6 Å². The number of ether oxygens (including phenoxy) is 4. The summed E-state index contributed by atoms with van der Waals surface area (Å²) < 4.78 is 21.5. The molecule has 128 valence electrons. The highest BCUT2D eigenvalue weighted by atomic mass is 16.7. The van der Waals surface area contributed by atoms with Gasteiger partial charge in [-0.15, -0.1) is 0 Å². The van der Waals surface area contributed by atoms with Gasteiger partial charge in [0.2, 0.25) is 12.6 Å². The SMILES string of the molecule is O=C(C1=COCCO1)N(Cc1ccc2c(c1)OCO2)C1CCCC1. The Morgan fingerprint density at radius 2 is 1.92 bits per heavy atom. The van der Waals surface area contributed by atoms with E-state index >= 15 is 0 Å². The van der Waals surface area contributed by atoms with Crippen molar-refractivity contribution in [2.75, 3.05) is 20.0 Å². The van der Waals surface area contributed by atoms with Gasteiger partial charge in [0.15, 0.2) is 11.5 Å². The number of nitrogens with zero attached hydrogens (tertiary/aromatic N) is 1. The second kappa shape index (κ2) is 6.63. The van der Waals surface area contributed by atoms with Crippen LogP contribution in [-0.2, 0) is 20.8 Å². The molecule has 1 fully saturated rings. The zero-order chi connectivity index (χ0) is 16.4. The fourth-order valence-corrected chi connectivity index (χ4v) is 3.44. The quantitative estimate of drug-likeness (QED) is 0.849. The number of fused-ring (bicyclic) bond motifs is 1.